The first-order valence-electron chi connectivity index (χ1n) is 4.36. The molecule has 1 rings (SSSR count). The zero-order valence-corrected chi connectivity index (χ0v) is 9.08. The lowest BCUT2D eigenvalue weighted by Gasteiger charge is -1.98. The molecule has 3 N–H and O–H groups in total. The predicted molar refractivity (Wildman–Crippen MR) is 59.2 cm³/mol. The highest BCUT2D eigenvalue weighted by molar-refractivity contribution is 7.06. The van der Waals surface area contributed by atoms with E-state index in [4.69, 9.17) is 5.84 Å². The summed E-state index contributed by atoms with van der Waals surface area (Å²) in [6.07, 6.45) is 7.56. The standard InChI is InChI=1S/C9H14N4S/c1-7(2)3-4-8(5-11-10)9-6-12-13-14-9/h3-7,11H,10H2,1-2H3/b4-3-,8-5+. The molecule has 0 bridgehead atoms. The molecule has 76 valence electrons. The summed E-state index contributed by atoms with van der Waals surface area (Å²) in [5.41, 5.74) is 3.51. The maximum absolute atomic E-state index is 5.25. The fourth-order valence-electron chi connectivity index (χ4n) is 0.882. The van der Waals surface area contributed by atoms with Crippen molar-refractivity contribution in [2.75, 3.05) is 0 Å². The molecular weight excluding hydrogens is 196 g/mol. The van der Waals surface area contributed by atoms with Crippen LogP contribution in [0.1, 0.15) is 18.7 Å². The summed E-state index contributed by atoms with van der Waals surface area (Å²) in [7, 11) is 0. The van der Waals surface area contributed by atoms with E-state index in [1.807, 2.05) is 6.08 Å². The molecule has 0 aromatic carbocycles. The average molecular weight is 210 g/mol. The third-order valence-electron chi connectivity index (χ3n) is 1.55. The molecule has 0 radical (unpaired) electrons. The van der Waals surface area contributed by atoms with Gasteiger partial charge in [-0.1, -0.05) is 30.5 Å². The smallest absolute Gasteiger partial charge is 0.0768 e. The van der Waals surface area contributed by atoms with Gasteiger partial charge in [0.15, 0.2) is 0 Å². The minimum absolute atomic E-state index is 0.511. The molecule has 1 aromatic heterocycles. The van der Waals surface area contributed by atoms with E-state index in [1.54, 1.807) is 12.4 Å². The summed E-state index contributed by atoms with van der Waals surface area (Å²) in [5.74, 6) is 5.76. The van der Waals surface area contributed by atoms with Gasteiger partial charge in [0.05, 0.1) is 11.1 Å². The Balaban J connectivity index is 2.81. The van der Waals surface area contributed by atoms with Gasteiger partial charge in [0.1, 0.15) is 0 Å². The van der Waals surface area contributed by atoms with Gasteiger partial charge in [0, 0.05) is 11.8 Å². The van der Waals surface area contributed by atoms with Crippen LogP contribution in [0.15, 0.2) is 24.5 Å². The highest BCUT2D eigenvalue weighted by Crippen LogP contribution is 2.17. The maximum Gasteiger partial charge on any atom is 0.0768 e. The quantitative estimate of drug-likeness (QED) is 0.449. The van der Waals surface area contributed by atoms with Gasteiger partial charge in [0.25, 0.3) is 0 Å². The molecule has 0 aliphatic carbocycles. The van der Waals surface area contributed by atoms with Crippen molar-refractivity contribution in [2.45, 2.75) is 13.8 Å². The summed E-state index contributed by atoms with van der Waals surface area (Å²) in [5, 5.41) is 3.78. The van der Waals surface area contributed by atoms with Crippen molar-refractivity contribution in [3.63, 3.8) is 0 Å². The topological polar surface area (TPSA) is 63.8 Å². The molecule has 14 heavy (non-hydrogen) atoms. The Morgan fingerprint density at radius 2 is 2.43 bits per heavy atom. The third kappa shape index (κ3) is 3.27. The molecule has 0 saturated carbocycles. The fourth-order valence-corrected chi connectivity index (χ4v) is 1.39. The summed E-state index contributed by atoms with van der Waals surface area (Å²) < 4.78 is 3.80. The zero-order chi connectivity index (χ0) is 10.4. The normalized spacial score (nSPS) is 12.7. The fraction of sp³-hybridized carbons (Fsp3) is 0.333. The lowest BCUT2D eigenvalue weighted by atomic mass is 10.1. The number of rotatable bonds is 4. The van der Waals surface area contributed by atoms with Crippen LogP contribution in [0.4, 0.5) is 0 Å². The van der Waals surface area contributed by atoms with Crippen LogP contribution in [0.25, 0.3) is 5.57 Å². The molecule has 1 heterocycles. The van der Waals surface area contributed by atoms with Crippen molar-refractivity contribution in [3.05, 3.63) is 29.4 Å². The van der Waals surface area contributed by atoms with Crippen LogP contribution in [-0.4, -0.2) is 9.59 Å². The number of nitrogens with two attached hydrogens (primary N) is 1. The first kappa shape index (κ1) is 10.9. The van der Waals surface area contributed by atoms with Gasteiger partial charge in [-0.05, 0) is 17.5 Å². The number of hydrazine groups is 1. The predicted octanol–water partition coefficient (Wildman–Crippen LogP) is 1.55. The molecule has 1 aromatic rings. The van der Waals surface area contributed by atoms with E-state index in [-0.39, 0.29) is 0 Å². The summed E-state index contributed by atoms with van der Waals surface area (Å²) in [6, 6.07) is 0. The molecular formula is C9H14N4S. The number of hydrogen-bond acceptors (Lipinski definition) is 5. The first-order valence-corrected chi connectivity index (χ1v) is 5.13. The van der Waals surface area contributed by atoms with Crippen LogP contribution in [0.5, 0.6) is 0 Å². The van der Waals surface area contributed by atoms with Crippen molar-refractivity contribution < 1.29 is 0 Å². The molecule has 0 spiro atoms. The van der Waals surface area contributed by atoms with Gasteiger partial charge in [-0.15, -0.1) is 5.10 Å². The molecule has 0 amide bonds. The van der Waals surface area contributed by atoms with Crippen LogP contribution in [0, 0.1) is 5.92 Å². The minimum atomic E-state index is 0.511. The Kier molecular flexibility index (Phi) is 4.28. The van der Waals surface area contributed by atoms with E-state index < -0.39 is 0 Å². The largest absolute Gasteiger partial charge is 0.331 e. The van der Waals surface area contributed by atoms with Gasteiger partial charge in [0.2, 0.25) is 0 Å². The van der Waals surface area contributed by atoms with Crippen LogP contribution < -0.4 is 11.3 Å². The first-order chi connectivity index (χ1) is 6.74. The van der Waals surface area contributed by atoms with Crippen LogP contribution in [0.3, 0.4) is 0 Å². The van der Waals surface area contributed by atoms with E-state index in [0.717, 1.165) is 10.5 Å². The molecule has 0 aliphatic rings. The van der Waals surface area contributed by atoms with Gasteiger partial charge < -0.3 is 5.43 Å². The lowest BCUT2D eigenvalue weighted by Crippen LogP contribution is -2.13. The Bertz CT molecular complexity index is 314. The van der Waals surface area contributed by atoms with E-state index in [0.29, 0.717) is 5.92 Å². The van der Waals surface area contributed by atoms with Crippen LogP contribution in [-0.2, 0) is 0 Å². The number of aromatic nitrogens is 2. The van der Waals surface area contributed by atoms with Gasteiger partial charge in [-0.25, -0.2) is 0 Å². The van der Waals surface area contributed by atoms with Crippen molar-refractivity contribution in [2.24, 2.45) is 11.8 Å². The highest BCUT2D eigenvalue weighted by atomic mass is 32.1. The lowest BCUT2D eigenvalue weighted by molar-refractivity contribution is 0.832. The number of hydrogen-bond donors (Lipinski definition) is 2. The van der Waals surface area contributed by atoms with Crippen LogP contribution in [0.2, 0.25) is 0 Å². The average Bonchev–Trinajstić information content (AvgIpc) is 2.64. The maximum atomic E-state index is 5.25. The van der Waals surface area contributed by atoms with Gasteiger partial charge in [-0.2, -0.15) is 0 Å². The summed E-state index contributed by atoms with van der Waals surface area (Å²) in [4.78, 5) is 1.000. The van der Waals surface area contributed by atoms with E-state index in [1.165, 1.54) is 11.5 Å². The molecule has 0 aliphatic heterocycles. The molecule has 0 atom stereocenters. The molecule has 0 unspecified atom stereocenters. The second-order valence-electron chi connectivity index (χ2n) is 3.15. The number of nitrogens with one attached hydrogen (secondary N) is 1. The molecule has 0 fully saturated rings. The Morgan fingerprint density at radius 1 is 1.64 bits per heavy atom. The summed E-state index contributed by atoms with van der Waals surface area (Å²) >= 11 is 1.35. The second kappa shape index (κ2) is 5.51. The second-order valence-corrected chi connectivity index (χ2v) is 3.94. The van der Waals surface area contributed by atoms with Gasteiger partial charge in [-0.3, -0.25) is 5.84 Å². The van der Waals surface area contributed by atoms with Gasteiger partial charge >= 0.3 is 0 Å². The SMILES string of the molecule is CC(C)/C=C\C(=C/NN)c1cnns1. The molecule has 0 saturated heterocycles. The Labute approximate surface area is 87.7 Å². The van der Waals surface area contributed by atoms with Crippen molar-refractivity contribution >= 4 is 17.1 Å². The Morgan fingerprint density at radius 3 is 2.93 bits per heavy atom. The Hall–Kier alpha value is -1.20. The zero-order valence-electron chi connectivity index (χ0n) is 8.27. The third-order valence-corrected chi connectivity index (χ3v) is 2.26. The number of allylic oxidation sites excluding steroid dienone is 3. The highest BCUT2D eigenvalue weighted by Gasteiger charge is 2.00. The van der Waals surface area contributed by atoms with Crippen molar-refractivity contribution in [3.8, 4) is 0 Å². The van der Waals surface area contributed by atoms with E-state index in [9.17, 15) is 0 Å². The summed E-state index contributed by atoms with van der Waals surface area (Å²) in [6.45, 7) is 4.24. The molecule has 4 nitrogen and oxygen atoms in total. The molecule has 5 heteroatoms. The van der Waals surface area contributed by atoms with Crippen molar-refractivity contribution in [1.82, 2.24) is 15.0 Å². The van der Waals surface area contributed by atoms with E-state index in [2.05, 4.69) is 34.9 Å². The van der Waals surface area contributed by atoms with E-state index >= 15 is 0 Å². The van der Waals surface area contributed by atoms with Crippen molar-refractivity contribution in [1.29, 1.82) is 0 Å². The van der Waals surface area contributed by atoms with Crippen LogP contribution >= 0.6 is 11.5 Å². The minimum Gasteiger partial charge on any atom is -0.331 e. The number of nitrogens with zero attached hydrogens (tertiary/aromatic N) is 2. The monoisotopic (exact) mass is 210 g/mol.